The molecule has 90 valence electrons. The molecule has 15 heavy (non-hydrogen) atoms. The molecule has 0 aliphatic rings. The molecule has 0 rings (SSSR count). The first-order valence-electron chi connectivity index (χ1n) is 5.21. The van der Waals surface area contributed by atoms with Crippen LogP contribution in [0.15, 0.2) is 0 Å². The number of aliphatic carboxylic acids is 1. The lowest BCUT2D eigenvalue weighted by Crippen LogP contribution is -2.29. The normalized spacial score (nSPS) is 15.9. The molecule has 0 amide bonds. The first-order chi connectivity index (χ1) is 6.77. The maximum atomic E-state index is 11.4. The van der Waals surface area contributed by atoms with E-state index in [1.807, 2.05) is 0 Å². The van der Waals surface area contributed by atoms with Crippen molar-refractivity contribution in [2.24, 2.45) is 5.41 Å². The van der Waals surface area contributed by atoms with E-state index in [1.165, 1.54) is 0 Å². The molecule has 0 aromatic carbocycles. The Morgan fingerprint density at radius 1 is 1.27 bits per heavy atom. The zero-order chi connectivity index (χ0) is 12.1. The summed E-state index contributed by atoms with van der Waals surface area (Å²) < 4.78 is 22.8. The Hall–Kier alpha value is -0.580. The molecule has 0 aliphatic heterocycles. The molecule has 5 heteroatoms. The summed E-state index contributed by atoms with van der Waals surface area (Å²) in [6.45, 7) is 5.16. The van der Waals surface area contributed by atoms with Crippen molar-refractivity contribution in [1.29, 1.82) is 0 Å². The van der Waals surface area contributed by atoms with Crippen LogP contribution in [0.5, 0.6) is 0 Å². The lowest BCUT2D eigenvalue weighted by atomic mass is 9.85. The third kappa shape index (κ3) is 4.64. The molecule has 0 saturated carbocycles. The number of hydrogen-bond donors (Lipinski definition) is 1. The minimum Gasteiger partial charge on any atom is -0.481 e. The van der Waals surface area contributed by atoms with Crippen LogP contribution in [0.1, 0.15) is 40.0 Å². The van der Waals surface area contributed by atoms with Crippen LogP contribution in [0, 0.1) is 5.41 Å². The number of rotatable bonds is 7. The molecule has 0 heterocycles. The van der Waals surface area contributed by atoms with Gasteiger partial charge in [-0.2, -0.15) is 0 Å². The van der Waals surface area contributed by atoms with Crippen molar-refractivity contribution in [3.63, 3.8) is 0 Å². The molecular weight excluding hydrogens is 216 g/mol. The SMILES string of the molecule is CCCS(=O)(=O)CCC(C)(CC)C(=O)O. The molecule has 1 unspecified atom stereocenters. The summed E-state index contributed by atoms with van der Waals surface area (Å²) in [7, 11) is -3.07. The highest BCUT2D eigenvalue weighted by molar-refractivity contribution is 7.91. The third-order valence-corrected chi connectivity index (χ3v) is 4.63. The Balaban J connectivity index is 4.43. The molecule has 0 spiro atoms. The fourth-order valence-electron chi connectivity index (χ4n) is 1.23. The van der Waals surface area contributed by atoms with E-state index in [2.05, 4.69) is 0 Å². The van der Waals surface area contributed by atoms with Crippen LogP contribution in [-0.2, 0) is 14.6 Å². The number of hydrogen-bond acceptors (Lipinski definition) is 3. The van der Waals surface area contributed by atoms with E-state index in [-0.39, 0.29) is 17.9 Å². The van der Waals surface area contributed by atoms with Crippen molar-refractivity contribution in [2.75, 3.05) is 11.5 Å². The summed E-state index contributed by atoms with van der Waals surface area (Å²) in [5.41, 5.74) is -0.916. The van der Waals surface area contributed by atoms with E-state index in [0.29, 0.717) is 12.8 Å². The minimum absolute atomic E-state index is 0.0303. The Bertz CT molecular complexity index is 307. The van der Waals surface area contributed by atoms with Gasteiger partial charge in [0.25, 0.3) is 0 Å². The summed E-state index contributed by atoms with van der Waals surface area (Å²) >= 11 is 0. The summed E-state index contributed by atoms with van der Waals surface area (Å²) in [4.78, 5) is 10.9. The van der Waals surface area contributed by atoms with Crippen LogP contribution in [0.2, 0.25) is 0 Å². The van der Waals surface area contributed by atoms with Crippen LogP contribution >= 0.6 is 0 Å². The second-order valence-corrected chi connectivity index (χ2v) is 6.42. The topological polar surface area (TPSA) is 71.4 Å². The van der Waals surface area contributed by atoms with Crippen LogP contribution in [0.4, 0.5) is 0 Å². The van der Waals surface area contributed by atoms with Crippen molar-refractivity contribution in [3.05, 3.63) is 0 Å². The van der Waals surface area contributed by atoms with E-state index >= 15 is 0 Å². The minimum atomic E-state index is -3.07. The molecule has 0 radical (unpaired) electrons. The largest absolute Gasteiger partial charge is 0.481 e. The molecule has 0 aromatic heterocycles. The molecule has 4 nitrogen and oxygen atoms in total. The molecule has 1 atom stereocenters. The Kier molecular flexibility index (Phi) is 5.28. The molecule has 0 aliphatic carbocycles. The van der Waals surface area contributed by atoms with Gasteiger partial charge in [-0.3, -0.25) is 4.79 Å². The van der Waals surface area contributed by atoms with Gasteiger partial charge in [0.15, 0.2) is 0 Å². The average molecular weight is 236 g/mol. The zero-order valence-corrected chi connectivity index (χ0v) is 10.4. The fourth-order valence-corrected chi connectivity index (χ4v) is 2.82. The first-order valence-corrected chi connectivity index (χ1v) is 7.03. The summed E-state index contributed by atoms with van der Waals surface area (Å²) in [6.07, 6.45) is 1.23. The number of sulfone groups is 1. The van der Waals surface area contributed by atoms with Crippen molar-refractivity contribution in [3.8, 4) is 0 Å². The van der Waals surface area contributed by atoms with Gasteiger partial charge >= 0.3 is 5.97 Å². The van der Waals surface area contributed by atoms with Gasteiger partial charge in [-0.25, -0.2) is 8.42 Å². The van der Waals surface area contributed by atoms with Gasteiger partial charge in [0.1, 0.15) is 9.84 Å². The van der Waals surface area contributed by atoms with E-state index in [9.17, 15) is 13.2 Å². The highest BCUT2D eigenvalue weighted by atomic mass is 32.2. The molecule has 0 saturated heterocycles. The molecule has 1 N–H and O–H groups in total. The van der Waals surface area contributed by atoms with Crippen molar-refractivity contribution >= 4 is 15.8 Å². The zero-order valence-electron chi connectivity index (χ0n) is 9.62. The van der Waals surface area contributed by atoms with Crippen LogP contribution in [0.3, 0.4) is 0 Å². The number of carboxylic acid groups (broad SMARTS) is 1. The van der Waals surface area contributed by atoms with Crippen molar-refractivity contribution < 1.29 is 18.3 Å². The highest BCUT2D eigenvalue weighted by Gasteiger charge is 2.32. The van der Waals surface area contributed by atoms with Gasteiger partial charge in [-0.1, -0.05) is 13.8 Å². The standard InChI is InChI=1S/C10H20O4S/c1-4-7-15(13,14)8-6-10(3,5-2)9(11)12/h4-8H2,1-3H3,(H,11,12). The maximum Gasteiger partial charge on any atom is 0.309 e. The third-order valence-electron chi connectivity index (χ3n) is 2.78. The monoisotopic (exact) mass is 236 g/mol. The van der Waals surface area contributed by atoms with Gasteiger partial charge in [-0.15, -0.1) is 0 Å². The predicted octanol–water partition coefficient (Wildman–Crippen LogP) is 1.70. The highest BCUT2D eigenvalue weighted by Crippen LogP contribution is 2.26. The van der Waals surface area contributed by atoms with E-state index in [0.717, 1.165) is 0 Å². The van der Waals surface area contributed by atoms with Crippen LogP contribution in [-0.4, -0.2) is 31.0 Å². The van der Waals surface area contributed by atoms with Gasteiger partial charge in [0, 0.05) is 5.75 Å². The van der Waals surface area contributed by atoms with Gasteiger partial charge < -0.3 is 5.11 Å². The number of carbonyl (C=O) groups is 1. The Labute approximate surface area is 91.6 Å². The summed E-state index contributed by atoms with van der Waals surface area (Å²) in [5.74, 6) is -0.805. The van der Waals surface area contributed by atoms with E-state index < -0.39 is 21.2 Å². The average Bonchev–Trinajstić information content (AvgIpc) is 2.14. The van der Waals surface area contributed by atoms with Gasteiger partial charge in [0.05, 0.1) is 11.2 Å². The first kappa shape index (κ1) is 14.4. The summed E-state index contributed by atoms with van der Waals surface area (Å²) in [5, 5.41) is 8.96. The second-order valence-electron chi connectivity index (χ2n) is 4.12. The smallest absolute Gasteiger partial charge is 0.309 e. The van der Waals surface area contributed by atoms with Crippen LogP contribution in [0.25, 0.3) is 0 Å². The Morgan fingerprint density at radius 3 is 2.13 bits per heavy atom. The lowest BCUT2D eigenvalue weighted by molar-refractivity contribution is -0.148. The van der Waals surface area contributed by atoms with E-state index in [1.54, 1.807) is 20.8 Å². The van der Waals surface area contributed by atoms with Crippen molar-refractivity contribution in [2.45, 2.75) is 40.0 Å². The summed E-state index contributed by atoms with van der Waals surface area (Å²) in [6, 6.07) is 0. The Morgan fingerprint density at radius 2 is 1.80 bits per heavy atom. The fraction of sp³-hybridized carbons (Fsp3) is 0.900. The van der Waals surface area contributed by atoms with E-state index in [4.69, 9.17) is 5.11 Å². The second kappa shape index (κ2) is 5.49. The molecule has 0 bridgehead atoms. The molecular formula is C10H20O4S. The van der Waals surface area contributed by atoms with Crippen LogP contribution < -0.4 is 0 Å². The maximum absolute atomic E-state index is 11.4. The number of carboxylic acids is 1. The quantitative estimate of drug-likeness (QED) is 0.730. The van der Waals surface area contributed by atoms with Gasteiger partial charge in [0.2, 0.25) is 0 Å². The van der Waals surface area contributed by atoms with Gasteiger partial charge in [-0.05, 0) is 26.2 Å². The molecule has 0 fully saturated rings. The molecule has 0 aromatic rings. The predicted molar refractivity (Wildman–Crippen MR) is 59.6 cm³/mol. The van der Waals surface area contributed by atoms with Crippen molar-refractivity contribution in [1.82, 2.24) is 0 Å². The lowest BCUT2D eigenvalue weighted by Gasteiger charge is -2.22.